The summed E-state index contributed by atoms with van der Waals surface area (Å²) in [5.74, 6) is 0. The van der Waals surface area contributed by atoms with Crippen LogP contribution in [0.4, 0.5) is 0 Å². The topological polar surface area (TPSA) is 52.0 Å². The van der Waals surface area contributed by atoms with Gasteiger partial charge in [-0.2, -0.15) is 0 Å². The minimum Gasteiger partial charge on any atom is -0.328 e. The standard InChI is InChI=1S/C44H30Cl2P2.C14H16N2.Ru/c45-39-30-16-29-38-40(37-28-15-18-31-17-13-14-27-36(31)37)43(47(32-19-5-1-6-20-32)33-21-7-2-8-22-33)44(42(46)41(38)39)48(34-23-9-3-10-24-34)35-25-11-4-12-26-35;15-11-14(16,12-7-3-1-4-8-12)13-9-5-2-6-10-13;/h1-30H;1-10H,11,15-16H2;. The van der Waals surface area contributed by atoms with Crippen LogP contribution in [0.3, 0.4) is 0 Å². The Morgan fingerprint density at radius 3 is 1.23 bits per heavy atom. The van der Waals surface area contributed by atoms with Gasteiger partial charge in [-0.1, -0.05) is 260 Å². The molecular formula is C58H46Cl2N2P2Ru. The van der Waals surface area contributed by atoms with Gasteiger partial charge < -0.3 is 11.5 Å². The van der Waals surface area contributed by atoms with Crippen molar-refractivity contribution in [1.82, 2.24) is 0 Å². The number of halogens is 2. The Bertz CT molecular complexity index is 3000. The molecule has 0 aliphatic carbocycles. The maximum atomic E-state index is 7.89. The van der Waals surface area contributed by atoms with Crippen LogP contribution in [-0.4, -0.2) is 6.54 Å². The molecule has 10 rings (SSSR count). The summed E-state index contributed by atoms with van der Waals surface area (Å²) in [5, 5.41) is 13.2. The van der Waals surface area contributed by atoms with Crippen LogP contribution in [0, 0.1) is 0 Å². The summed E-state index contributed by atoms with van der Waals surface area (Å²) >= 11 is 15.1. The van der Waals surface area contributed by atoms with Crippen LogP contribution in [0.25, 0.3) is 32.7 Å². The third kappa shape index (κ3) is 9.53. The van der Waals surface area contributed by atoms with Crippen molar-refractivity contribution in [2.45, 2.75) is 5.54 Å². The molecule has 0 heterocycles. The Morgan fingerprint density at radius 2 is 0.769 bits per heavy atom. The Kier molecular flexibility index (Phi) is 15.2. The molecule has 0 fully saturated rings. The summed E-state index contributed by atoms with van der Waals surface area (Å²) in [4.78, 5) is 0. The fraction of sp³-hybridized carbons (Fsp3) is 0.0345. The first-order valence-corrected chi connectivity index (χ1v) is 24.7. The van der Waals surface area contributed by atoms with E-state index in [0.717, 1.165) is 32.2 Å². The number of hydrogen-bond donors (Lipinski definition) is 2. The van der Waals surface area contributed by atoms with Crippen molar-refractivity contribution in [3.05, 3.63) is 264 Å². The second kappa shape index (κ2) is 21.3. The molecule has 320 valence electrons. The molecule has 0 bridgehead atoms. The molecule has 10 aromatic carbocycles. The largest absolute Gasteiger partial charge is 0.328 e. The van der Waals surface area contributed by atoms with Crippen LogP contribution in [0.5, 0.6) is 0 Å². The van der Waals surface area contributed by atoms with Crippen LogP contribution in [-0.2, 0) is 25.0 Å². The Hall–Kier alpha value is -5.30. The van der Waals surface area contributed by atoms with Gasteiger partial charge >= 0.3 is 0 Å². The van der Waals surface area contributed by atoms with E-state index in [-0.39, 0.29) is 19.5 Å². The van der Waals surface area contributed by atoms with Crippen molar-refractivity contribution in [3.8, 4) is 11.1 Å². The normalized spacial score (nSPS) is 11.3. The zero-order valence-electron chi connectivity index (χ0n) is 35.5. The monoisotopic (exact) mass is 1000 g/mol. The molecule has 2 nitrogen and oxygen atoms in total. The molecule has 0 atom stereocenters. The summed E-state index contributed by atoms with van der Waals surface area (Å²) in [6.07, 6.45) is 0. The first-order chi connectivity index (χ1) is 31.5. The predicted molar refractivity (Wildman–Crippen MR) is 281 cm³/mol. The molecule has 4 N–H and O–H groups in total. The molecule has 7 heteroatoms. The van der Waals surface area contributed by atoms with E-state index >= 15 is 0 Å². The number of hydrogen-bond acceptors (Lipinski definition) is 2. The molecule has 0 aliphatic heterocycles. The zero-order valence-corrected chi connectivity index (χ0v) is 40.5. The summed E-state index contributed by atoms with van der Waals surface area (Å²) in [5.41, 5.74) is 16.1. The first kappa shape index (κ1) is 46.2. The second-order valence-electron chi connectivity index (χ2n) is 15.5. The van der Waals surface area contributed by atoms with Gasteiger partial charge in [0, 0.05) is 47.0 Å². The van der Waals surface area contributed by atoms with Gasteiger partial charge in [-0.25, -0.2) is 0 Å². The minimum atomic E-state index is -1.11. The second-order valence-corrected chi connectivity index (χ2v) is 20.6. The average Bonchev–Trinajstić information content (AvgIpc) is 3.37. The van der Waals surface area contributed by atoms with E-state index in [2.05, 4.69) is 176 Å². The van der Waals surface area contributed by atoms with Crippen LogP contribution >= 0.6 is 39.0 Å². The molecule has 10 aromatic rings. The van der Waals surface area contributed by atoms with Crippen molar-refractivity contribution in [3.63, 3.8) is 0 Å². The molecule has 0 aliphatic rings. The zero-order chi connectivity index (χ0) is 43.9. The molecule has 0 radical (unpaired) electrons. The number of fused-ring (bicyclic) bond motifs is 2. The van der Waals surface area contributed by atoms with Gasteiger partial charge in [-0.05, 0) is 81.5 Å². The first-order valence-electron chi connectivity index (χ1n) is 21.3. The van der Waals surface area contributed by atoms with Crippen molar-refractivity contribution in [1.29, 1.82) is 0 Å². The van der Waals surface area contributed by atoms with E-state index in [1.54, 1.807) is 0 Å². The van der Waals surface area contributed by atoms with Crippen LogP contribution in [0.1, 0.15) is 11.1 Å². The van der Waals surface area contributed by atoms with Crippen molar-refractivity contribution >= 4 is 92.4 Å². The van der Waals surface area contributed by atoms with Crippen molar-refractivity contribution in [2.75, 3.05) is 6.54 Å². The van der Waals surface area contributed by atoms with Gasteiger partial charge in [0.1, 0.15) is 0 Å². The Morgan fingerprint density at radius 1 is 0.400 bits per heavy atom. The van der Waals surface area contributed by atoms with Crippen molar-refractivity contribution < 1.29 is 19.5 Å². The SMILES string of the molecule is Clc1cccc2c(-c3cccc4ccccc34)c(P(c3ccccc3)c3ccccc3)c(P(c3ccccc3)c3ccccc3)c(Cl)c12.NCC(N)(c1ccccc1)c1ccccc1.[Ru]. The molecule has 0 aromatic heterocycles. The van der Waals surface area contributed by atoms with Gasteiger partial charge in [0.25, 0.3) is 0 Å². The number of nitrogens with two attached hydrogens (primary N) is 2. The van der Waals surface area contributed by atoms with Gasteiger partial charge in [0.05, 0.1) is 10.6 Å². The van der Waals surface area contributed by atoms with Crippen molar-refractivity contribution in [2.24, 2.45) is 11.5 Å². The third-order valence-electron chi connectivity index (χ3n) is 11.6. The number of rotatable bonds is 10. The average molecular weight is 1000 g/mol. The minimum absolute atomic E-state index is 0. The molecule has 0 amide bonds. The van der Waals surface area contributed by atoms with E-state index in [0.29, 0.717) is 11.6 Å². The van der Waals surface area contributed by atoms with Gasteiger partial charge in [0.15, 0.2) is 0 Å². The van der Waals surface area contributed by atoms with E-state index in [1.165, 1.54) is 48.4 Å². The van der Waals surface area contributed by atoms with Gasteiger partial charge in [-0.15, -0.1) is 0 Å². The summed E-state index contributed by atoms with van der Waals surface area (Å²) in [7, 11) is -2.20. The van der Waals surface area contributed by atoms with Gasteiger partial charge in [-0.3, -0.25) is 0 Å². The Labute approximate surface area is 407 Å². The van der Waals surface area contributed by atoms with E-state index in [1.807, 2.05) is 66.7 Å². The van der Waals surface area contributed by atoms with Crippen LogP contribution in [0.15, 0.2) is 243 Å². The molecule has 0 spiro atoms. The molecule has 0 saturated carbocycles. The quantitative estimate of drug-likeness (QED) is 0.106. The molecule has 0 saturated heterocycles. The smallest absolute Gasteiger partial charge is 0.0789 e. The molecule has 65 heavy (non-hydrogen) atoms. The number of benzene rings is 10. The predicted octanol–water partition coefficient (Wildman–Crippen LogP) is 12.3. The van der Waals surface area contributed by atoms with E-state index < -0.39 is 21.4 Å². The summed E-state index contributed by atoms with van der Waals surface area (Å²) in [6.45, 7) is 0.390. The maximum absolute atomic E-state index is 7.89. The fourth-order valence-electron chi connectivity index (χ4n) is 8.56. The summed E-state index contributed by atoms with van der Waals surface area (Å²) < 4.78 is 0. The van der Waals surface area contributed by atoms with Gasteiger partial charge in [0.2, 0.25) is 0 Å². The molecular weight excluding hydrogens is 959 g/mol. The maximum Gasteiger partial charge on any atom is 0.0789 e. The van der Waals surface area contributed by atoms with E-state index in [9.17, 15) is 0 Å². The van der Waals surface area contributed by atoms with Crippen LogP contribution < -0.4 is 43.3 Å². The van der Waals surface area contributed by atoms with E-state index in [4.69, 9.17) is 34.7 Å². The Balaban J connectivity index is 0.000000287. The fourth-order valence-corrected chi connectivity index (χ4v) is 15.0. The summed E-state index contributed by atoms with van der Waals surface area (Å²) in [6, 6.07) is 85.1. The third-order valence-corrected chi connectivity index (χ3v) is 17.7. The van der Waals surface area contributed by atoms with Crippen LogP contribution in [0.2, 0.25) is 10.0 Å². The molecule has 0 unspecified atom stereocenters.